The van der Waals surface area contributed by atoms with Gasteiger partial charge in [0.05, 0.1) is 24.2 Å². The number of carbonyl (C=O) groups excluding carboxylic acids is 1. The van der Waals surface area contributed by atoms with Gasteiger partial charge < -0.3 is 10.1 Å². The van der Waals surface area contributed by atoms with E-state index in [1.165, 1.54) is 16.4 Å². The molecule has 0 saturated carbocycles. The number of sulfonamides is 1. The first-order valence-corrected chi connectivity index (χ1v) is 12.3. The predicted molar refractivity (Wildman–Crippen MR) is 118 cm³/mol. The molecule has 2 atom stereocenters. The molecule has 2 aliphatic heterocycles. The number of nitrogens with one attached hydrogen (secondary N) is 1. The summed E-state index contributed by atoms with van der Waals surface area (Å²) in [4.78, 5) is 15.4. The third kappa shape index (κ3) is 5.01. The fourth-order valence-corrected chi connectivity index (χ4v) is 6.07. The SMILES string of the molecule is O=C(NCC(c1cccc(F)c1)N1CCOCC1)C1CCCN1S(=O)(=O)c1ccccc1. The molecule has 2 fully saturated rings. The van der Waals surface area contributed by atoms with Crippen LogP contribution in [0.25, 0.3) is 0 Å². The highest BCUT2D eigenvalue weighted by Gasteiger charge is 2.39. The van der Waals surface area contributed by atoms with E-state index >= 15 is 0 Å². The maximum absolute atomic E-state index is 13.9. The van der Waals surface area contributed by atoms with Crippen molar-refractivity contribution in [2.24, 2.45) is 0 Å². The van der Waals surface area contributed by atoms with E-state index in [0.29, 0.717) is 45.7 Å². The van der Waals surface area contributed by atoms with Crippen LogP contribution in [0.15, 0.2) is 59.5 Å². The van der Waals surface area contributed by atoms with Gasteiger partial charge in [-0.2, -0.15) is 4.31 Å². The Morgan fingerprint density at radius 2 is 1.84 bits per heavy atom. The van der Waals surface area contributed by atoms with Gasteiger partial charge in [0.25, 0.3) is 0 Å². The number of ether oxygens (including phenoxy) is 1. The molecule has 4 rings (SSSR count). The van der Waals surface area contributed by atoms with Crippen LogP contribution in [0, 0.1) is 5.82 Å². The van der Waals surface area contributed by atoms with Gasteiger partial charge in [-0.3, -0.25) is 9.69 Å². The molecular formula is C23H28FN3O4S. The lowest BCUT2D eigenvalue weighted by molar-refractivity contribution is -0.124. The van der Waals surface area contributed by atoms with Crippen molar-refractivity contribution in [2.45, 2.75) is 29.8 Å². The molecule has 1 amide bonds. The molecule has 2 aliphatic rings. The largest absolute Gasteiger partial charge is 0.379 e. The maximum Gasteiger partial charge on any atom is 0.243 e. The quantitative estimate of drug-likeness (QED) is 0.684. The number of hydrogen-bond acceptors (Lipinski definition) is 5. The number of hydrogen-bond donors (Lipinski definition) is 1. The van der Waals surface area contributed by atoms with Gasteiger partial charge in [-0.1, -0.05) is 30.3 Å². The molecule has 2 aromatic rings. The fourth-order valence-electron chi connectivity index (χ4n) is 4.39. The van der Waals surface area contributed by atoms with Crippen molar-refractivity contribution in [1.29, 1.82) is 0 Å². The predicted octanol–water partition coefficient (Wildman–Crippen LogP) is 2.17. The van der Waals surface area contributed by atoms with Crippen LogP contribution >= 0.6 is 0 Å². The van der Waals surface area contributed by atoms with Crippen LogP contribution in [0.3, 0.4) is 0 Å². The third-order valence-corrected chi connectivity index (χ3v) is 7.97. The van der Waals surface area contributed by atoms with Crippen LogP contribution in [-0.4, -0.2) is 69.0 Å². The van der Waals surface area contributed by atoms with Gasteiger partial charge in [0.1, 0.15) is 11.9 Å². The van der Waals surface area contributed by atoms with Crippen LogP contribution in [-0.2, 0) is 19.6 Å². The normalized spacial score (nSPS) is 21.3. The van der Waals surface area contributed by atoms with Gasteiger partial charge in [0, 0.05) is 26.2 Å². The highest BCUT2D eigenvalue weighted by atomic mass is 32.2. The van der Waals surface area contributed by atoms with Gasteiger partial charge >= 0.3 is 0 Å². The lowest BCUT2D eigenvalue weighted by Gasteiger charge is -2.35. The van der Waals surface area contributed by atoms with Gasteiger partial charge in [0.2, 0.25) is 15.9 Å². The zero-order valence-corrected chi connectivity index (χ0v) is 18.6. The minimum atomic E-state index is -3.75. The molecule has 2 aromatic carbocycles. The molecule has 0 spiro atoms. The van der Waals surface area contributed by atoms with Crippen LogP contribution in [0.2, 0.25) is 0 Å². The highest BCUT2D eigenvalue weighted by Crippen LogP contribution is 2.27. The van der Waals surface area contributed by atoms with Gasteiger partial charge in [0.15, 0.2) is 0 Å². The van der Waals surface area contributed by atoms with E-state index in [0.717, 1.165) is 5.56 Å². The van der Waals surface area contributed by atoms with Gasteiger partial charge in [-0.05, 0) is 42.7 Å². The molecule has 0 aliphatic carbocycles. The summed E-state index contributed by atoms with van der Waals surface area (Å²) in [6.07, 6.45) is 1.10. The number of benzene rings is 2. The standard InChI is InChI=1S/C23H28FN3O4S/c24-19-7-4-6-18(16-19)22(26-12-14-31-15-13-26)17-25-23(28)21-10-5-11-27(21)32(29,30)20-8-2-1-3-9-20/h1-4,6-9,16,21-22H,5,10-15,17H2,(H,25,28). The fraction of sp³-hybridized carbons (Fsp3) is 0.435. The molecule has 172 valence electrons. The Morgan fingerprint density at radius 3 is 2.56 bits per heavy atom. The molecule has 7 nitrogen and oxygen atoms in total. The number of amides is 1. The Morgan fingerprint density at radius 1 is 1.09 bits per heavy atom. The minimum absolute atomic E-state index is 0.186. The summed E-state index contributed by atoms with van der Waals surface area (Å²) in [7, 11) is -3.75. The summed E-state index contributed by atoms with van der Waals surface area (Å²) in [5, 5.41) is 2.94. The Balaban J connectivity index is 1.49. The molecule has 0 aromatic heterocycles. The number of rotatable bonds is 7. The zero-order chi connectivity index (χ0) is 22.6. The van der Waals surface area contributed by atoms with E-state index in [-0.39, 0.29) is 29.2 Å². The summed E-state index contributed by atoms with van der Waals surface area (Å²) in [6, 6.07) is 13.6. The van der Waals surface area contributed by atoms with Crippen LogP contribution < -0.4 is 5.32 Å². The molecule has 2 heterocycles. The first-order valence-electron chi connectivity index (χ1n) is 10.9. The van der Waals surface area contributed by atoms with Crippen LogP contribution in [0.4, 0.5) is 4.39 Å². The Hall–Kier alpha value is -2.33. The van der Waals surface area contributed by atoms with Crippen molar-refractivity contribution >= 4 is 15.9 Å². The summed E-state index contributed by atoms with van der Waals surface area (Å²) in [5.41, 5.74) is 0.771. The number of halogens is 1. The van der Waals surface area contributed by atoms with Crippen molar-refractivity contribution in [3.8, 4) is 0 Å². The average Bonchev–Trinajstić information content (AvgIpc) is 3.32. The van der Waals surface area contributed by atoms with Crippen molar-refractivity contribution in [3.63, 3.8) is 0 Å². The number of morpholine rings is 1. The third-order valence-electron chi connectivity index (χ3n) is 6.05. The van der Waals surface area contributed by atoms with E-state index in [1.807, 2.05) is 6.07 Å². The minimum Gasteiger partial charge on any atom is -0.379 e. The zero-order valence-electron chi connectivity index (χ0n) is 17.8. The first-order chi connectivity index (χ1) is 15.5. The Labute approximate surface area is 188 Å². The molecule has 1 N–H and O–H groups in total. The average molecular weight is 462 g/mol. The molecule has 0 bridgehead atoms. The van der Waals surface area contributed by atoms with Crippen LogP contribution in [0.5, 0.6) is 0 Å². The monoisotopic (exact) mass is 461 g/mol. The number of carbonyl (C=O) groups is 1. The molecular weight excluding hydrogens is 433 g/mol. The van der Waals surface area contributed by atoms with E-state index in [1.54, 1.807) is 36.4 Å². The maximum atomic E-state index is 13.9. The van der Waals surface area contributed by atoms with Gasteiger partial charge in [-0.15, -0.1) is 0 Å². The van der Waals surface area contributed by atoms with E-state index in [2.05, 4.69) is 10.2 Å². The second kappa shape index (κ2) is 10.1. The summed E-state index contributed by atoms with van der Waals surface area (Å²) >= 11 is 0. The van der Waals surface area contributed by atoms with Gasteiger partial charge in [-0.25, -0.2) is 12.8 Å². The smallest absolute Gasteiger partial charge is 0.243 e. The Bertz CT molecular complexity index is 1030. The molecule has 32 heavy (non-hydrogen) atoms. The molecule has 9 heteroatoms. The lowest BCUT2D eigenvalue weighted by Crippen LogP contribution is -2.49. The van der Waals surface area contributed by atoms with E-state index in [4.69, 9.17) is 4.74 Å². The first kappa shape index (κ1) is 22.8. The lowest BCUT2D eigenvalue weighted by atomic mass is 10.0. The van der Waals surface area contributed by atoms with E-state index in [9.17, 15) is 17.6 Å². The second-order valence-corrected chi connectivity index (χ2v) is 9.94. The molecule has 0 radical (unpaired) electrons. The summed E-state index contributed by atoms with van der Waals surface area (Å²) < 4.78 is 46.8. The topological polar surface area (TPSA) is 79.0 Å². The summed E-state index contributed by atoms with van der Waals surface area (Å²) in [6.45, 7) is 3.07. The van der Waals surface area contributed by atoms with Crippen molar-refractivity contribution < 1.29 is 22.3 Å². The van der Waals surface area contributed by atoms with Crippen molar-refractivity contribution in [3.05, 3.63) is 66.0 Å². The molecule has 2 saturated heterocycles. The second-order valence-electron chi connectivity index (χ2n) is 8.05. The van der Waals surface area contributed by atoms with Crippen LogP contribution in [0.1, 0.15) is 24.4 Å². The van der Waals surface area contributed by atoms with Crippen molar-refractivity contribution in [1.82, 2.24) is 14.5 Å². The number of nitrogens with zero attached hydrogens (tertiary/aromatic N) is 2. The Kier molecular flexibility index (Phi) is 7.20. The van der Waals surface area contributed by atoms with Crippen molar-refractivity contribution in [2.75, 3.05) is 39.4 Å². The van der Waals surface area contributed by atoms with E-state index < -0.39 is 16.1 Å². The highest BCUT2D eigenvalue weighted by molar-refractivity contribution is 7.89. The summed E-state index contributed by atoms with van der Waals surface area (Å²) in [5.74, 6) is -0.653. The molecule has 2 unspecified atom stereocenters.